The quantitative estimate of drug-likeness (QED) is 0.701. The number of ether oxygens (including phenoxy) is 2. The monoisotopic (exact) mass is 433 g/mol. The van der Waals surface area contributed by atoms with Crippen LogP contribution < -0.4 is 9.64 Å². The Morgan fingerprint density at radius 2 is 1.70 bits per heavy atom. The Morgan fingerprint density at radius 3 is 2.40 bits per heavy atom. The number of morpholine rings is 1. The van der Waals surface area contributed by atoms with Crippen LogP contribution in [0.3, 0.4) is 0 Å². The molecule has 9 nitrogen and oxygen atoms in total. The molecule has 1 saturated carbocycles. The molecule has 3 heterocycles. The smallest absolute Gasteiger partial charge is 0.282 e. The molecule has 0 radical (unpaired) electrons. The van der Waals surface area contributed by atoms with Gasteiger partial charge < -0.3 is 14.4 Å². The Bertz CT molecular complexity index is 999. The maximum Gasteiger partial charge on any atom is 0.282 e. The standard InChI is InChI=1S/C20H27N5O4S/c26-30(27,25-10-12-28-13-11-25)24-8-6-23(7-9-24)16-4-5-19-18(14-16)20(22-15-21-19)29-17-2-1-3-17/h4-5,14-15,17H,1-3,6-13H2. The van der Waals surface area contributed by atoms with Crippen molar-refractivity contribution >= 4 is 26.8 Å². The van der Waals surface area contributed by atoms with Gasteiger partial charge in [0.15, 0.2) is 0 Å². The van der Waals surface area contributed by atoms with E-state index in [0.29, 0.717) is 58.4 Å². The summed E-state index contributed by atoms with van der Waals surface area (Å²) in [5, 5.41) is 0.908. The summed E-state index contributed by atoms with van der Waals surface area (Å²) < 4.78 is 40.2. The van der Waals surface area contributed by atoms with Crippen molar-refractivity contribution in [2.24, 2.45) is 0 Å². The number of fused-ring (bicyclic) bond motifs is 1. The highest BCUT2D eigenvalue weighted by atomic mass is 32.2. The molecule has 5 rings (SSSR count). The van der Waals surface area contributed by atoms with Crippen LogP contribution in [0.25, 0.3) is 10.9 Å². The molecule has 1 aliphatic carbocycles. The third-order valence-corrected chi connectivity index (χ3v) is 8.17. The first-order valence-electron chi connectivity index (χ1n) is 10.6. The van der Waals surface area contributed by atoms with Crippen LogP contribution >= 0.6 is 0 Å². The van der Waals surface area contributed by atoms with Crippen molar-refractivity contribution in [2.45, 2.75) is 25.4 Å². The molecule has 0 amide bonds. The van der Waals surface area contributed by atoms with E-state index < -0.39 is 10.2 Å². The first-order valence-corrected chi connectivity index (χ1v) is 12.0. The van der Waals surface area contributed by atoms with Gasteiger partial charge in [-0.3, -0.25) is 0 Å². The van der Waals surface area contributed by atoms with Gasteiger partial charge in [0.2, 0.25) is 5.88 Å². The first-order chi connectivity index (χ1) is 14.6. The van der Waals surface area contributed by atoms with Gasteiger partial charge in [-0.05, 0) is 37.5 Å². The highest BCUT2D eigenvalue weighted by molar-refractivity contribution is 7.86. The average Bonchev–Trinajstić information content (AvgIpc) is 2.76. The Labute approximate surface area is 176 Å². The maximum absolute atomic E-state index is 12.9. The van der Waals surface area contributed by atoms with Gasteiger partial charge in [0.05, 0.1) is 24.1 Å². The Balaban J connectivity index is 1.30. The summed E-state index contributed by atoms with van der Waals surface area (Å²) in [7, 11) is -3.42. The van der Waals surface area contributed by atoms with Gasteiger partial charge in [0.1, 0.15) is 12.4 Å². The Hall–Kier alpha value is -2.01. The van der Waals surface area contributed by atoms with Crippen LogP contribution in [0.2, 0.25) is 0 Å². The van der Waals surface area contributed by atoms with Crippen molar-refractivity contribution in [3.8, 4) is 5.88 Å². The van der Waals surface area contributed by atoms with Gasteiger partial charge in [0.25, 0.3) is 10.2 Å². The molecule has 3 fully saturated rings. The summed E-state index contributed by atoms with van der Waals surface area (Å²) >= 11 is 0. The van der Waals surface area contributed by atoms with Crippen LogP contribution in [0.4, 0.5) is 5.69 Å². The zero-order valence-electron chi connectivity index (χ0n) is 16.9. The van der Waals surface area contributed by atoms with E-state index in [9.17, 15) is 8.42 Å². The van der Waals surface area contributed by atoms with Crippen LogP contribution in [-0.2, 0) is 14.9 Å². The minimum atomic E-state index is -3.42. The SMILES string of the molecule is O=S(=O)(N1CCOCC1)N1CCN(c2ccc3ncnc(OC4CCC4)c3c2)CC1. The lowest BCUT2D eigenvalue weighted by Crippen LogP contribution is -2.55. The number of aromatic nitrogens is 2. The molecule has 2 aliphatic heterocycles. The van der Waals surface area contributed by atoms with Crippen LogP contribution in [0.15, 0.2) is 24.5 Å². The van der Waals surface area contributed by atoms with Crippen LogP contribution in [0.5, 0.6) is 5.88 Å². The number of hydrogen-bond donors (Lipinski definition) is 0. The number of anilines is 1. The average molecular weight is 434 g/mol. The van der Waals surface area contributed by atoms with Gasteiger partial charge in [-0.1, -0.05) is 0 Å². The minimum Gasteiger partial charge on any atom is -0.474 e. The van der Waals surface area contributed by atoms with E-state index in [1.807, 2.05) is 12.1 Å². The third kappa shape index (κ3) is 3.84. The molecule has 0 spiro atoms. The number of piperazine rings is 1. The summed E-state index contributed by atoms with van der Waals surface area (Å²) in [4.78, 5) is 10.9. The molecule has 0 bridgehead atoms. The van der Waals surface area contributed by atoms with Crippen molar-refractivity contribution in [1.29, 1.82) is 0 Å². The zero-order chi connectivity index (χ0) is 20.6. The molecular formula is C20H27N5O4S. The summed E-state index contributed by atoms with van der Waals surface area (Å²) in [5.41, 5.74) is 1.90. The van der Waals surface area contributed by atoms with E-state index in [1.165, 1.54) is 10.7 Å². The highest BCUT2D eigenvalue weighted by Gasteiger charge is 2.33. The molecule has 10 heteroatoms. The molecule has 0 N–H and O–H groups in total. The molecule has 1 aromatic heterocycles. The predicted octanol–water partition coefficient (Wildman–Crippen LogP) is 1.26. The topological polar surface area (TPSA) is 88.1 Å². The summed E-state index contributed by atoms with van der Waals surface area (Å²) in [5.74, 6) is 0.639. The van der Waals surface area contributed by atoms with Gasteiger partial charge in [0, 0.05) is 45.0 Å². The molecular weight excluding hydrogens is 406 g/mol. The van der Waals surface area contributed by atoms with Gasteiger partial charge >= 0.3 is 0 Å². The Kier molecular flexibility index (Phi) is 5.48. The van der Waals surface area contributed by atoms with E-state index in [0.717, 1.165) is 29.4 Å². The molecule has 162 valence electrons. The van der Waals surface area contributed by atoms with Crippen molar-refractivity contribution in [2.75, 3.05) is 57.4 Å². The normalized spacial score (nSPS) is 22.2. The summed E-state index contributed by atoms with van der Waals surface area (Å²) in [6, 6.07) is 6.08. The van der Waals surface area contributed by atoms with Crippen molar-refractivity contribution in [3.63, 3.8) is 0 Å². The van der Waals surface area contributed by atoms with Crippen molar-refractivity contribution in [1.82, 2.24) is 18.6 Å². The van der Waals surface area contributed by atoms with E-state index in [1.54, 1.807) is 10.6 Å². The molecule has 1 aromatic carbocycles. The second-order valence-corrected chi connectivity index (χ2v) is 9.88. The first kappa shape index (κ1) is 19.9. The lowest BCUT2D eigenvalue weighted by Gasteiger charge is -2.38. The fraction of sp³-hybridized carbons (Fsp3) is 0.600. The summed E-state index contributed by atoms with van der Waals surface area (Å²) in [6.45, 7) is 3.99. The van der Waals surface area contributed by atoms with Crippen LogP contribution in [-0.4, -0.2) is 85.6 Å². The third-order valence-electron chi connectivity index (χ3n) is 6.14. The van der Waals surface area contributed by atoms with Crippen LogP contribution in [0.1, 0.15) is 19.3 Å². The van der Waals surface area contributed by atoms with Crippen LogP contribution in [0, 0.1) is 0 Å². The number of hydrogen-bond acceptors (Lipinski definition) is 7. The highest BCUT2D eigenvalue weighted by Crippen LogP contribution is 2.31. The number of nitrogens with zero attached hydrogens (tertiary/aromatic N) is 5. The zero-order valence-corrected chi connectivity index (χ0v) is 17.8. The van der Waals surface area contributed by atoms with E-state index in [4.69, 9.17) is 9.47 Å². The maximum atomic E-state index is 12.9. The van der Waals surface area contributed by atoms with E-state index in [-0.39, 0.29) is 6.10 Å². The molecule has 2 aromatic rings. The number of rotatable bonds is 5. The minimum absolute atomic E-state index is 0.251. The largest absolute Gasteiger partial charge is 0.474 e. The molecule has 0 atom stereocenters. The van der Waals surface area contributed by atoms with Gasteiger partial charge in [-0.15, -0.1) is 0 Å². The van der Waals surface area contributed by atoms with Gasteiger partial charge in [-0.2, -0.15) is 17.0 Å². The second-order valence-electron chi connectivity index (χ2n) is 7.96. The second kappa shape index (κ2) is 8.26. The van der Waals surface area contributed by atoms with Crippen molar-refractivity contribution < 1.29 is 17.9 Å². The predicted molar refractivity (Wildman–Crippen MR) is 113 cm³/mol. The lowest BCUT2D eigenvalue weighted by molar-refractivity contribution is 0.0700. The van der Waals surface area contributed by atoms with Gasteiger partial charge in [-0.25, -0.2) is 9.97 Å². The fourth-order valence-electron chi connectivity index (χ4n) is 4.08. The summed E-state index contributed by atoms with van der Waals surface area (Å²) in [6.07, 6.45) is 5.15. The van der Waals surface area contributed by atoms with E-state index >= 15 is 0 Å². The molecule has 0 unspecified atom stereocenters. The lowest BCUT2D eigenvalue weighted by atomic mass is 9.96. The van der Waals surface area contributed by atoms with E-state index in [2.05, 4.69) is 20.9 Å². The molecule has 2 saturated heterocycles. The molecule has 3 aliphatic rings. The fourth-order valence-corrected chi connectivity index (χ4v) is 5.64. The molecule has 30 heavy (non-hydrogen) atoms. The Morgan fingerprint density at radius 1 is 0.967 bits per heavy atom. The van der Waals surface area contributed by atoms with Crippen molar-refractivity contribution in [3.05, 3.63) is 24.5 Å². The number of benzene rings is 1.